The molecule has 1 aliphatic heterocycles. The van der Waals surface area contributed by atoms with E-state index in [2.05, 4.69) is 26.3 Å². The molecule has 4 aromatic rings. The number of carbonyl (C=O) groups excluding carboxylic acids is 2. The smallest absolute Gasteiger partial charge is 0.323 e. The van der Waals surface area contributed by atoms with Crippen LogP contribution in [-0.4, -0.2) is 16.9 Å². The predicted molar refractivity (Wildman–Crippen MR) is 132 cm³/mol. The molecule has 2 heterocycles. The fourth-order valence-electron chi connectivity index (χ4n) is 3.77. The van der Waals surface area contributed by atoms with Crippen LogP contribution in [0.2, 0.25) is 0 Å². The monoisotopic (exact) mass is 471 g/mol. The number of H-pyrrole nitrogens is 1. The Morgan fingerprint density at radius 3 is 2.31 bits per heavy atom. The molecule has 35 heavy (non-hydrogen) atoms. The van der Waals surface area contributed by atoms with Crippen molar-refractivity contribution in [2.24, 2.45) is 0 Å². The molecule has 0 fully saturated rings. The fraction of sp³-hybridized carbons (Fsp3) is 0. The summed E-state index contributed by atoms with van der Waals surface area (Å²) in [4.78, 5) is 27.7. The number of anilines is 5. The Morgan fingerprint density at radius 2 is 1.54 bits per heavy atom. The van der Waals surface area contributed by atoms with Crippen LogP contribution in [0.25, 0.3) is 11.6 Å². The molecule has 0 saturated heterocycles. The molecule has 0 atom stereocenters. The molecular weight excluding hydrogens is 452 g/mol. The van der Waals surface area contributed by atoms with Crippen molar-refractivity contribution in [3.8, 4) is 0 Å². The maximum atomic E-state index is 13.3. The first kappa shape index (κ1) is 21.9. The van der Waals surface area contributed by atoms with E-state index in [0.29, 0.717) is 22.6 Å². The van der Waals surface area contributed by atoms with Crippen molar-refractivity contribution in [2.45, 2.75) is 0 Å². The number of urea groups is 1. The maximum absolute atomic E-state index is 13.3. The molecule has 5 rings (SSSR count). The fourth-order valence-corrected chi connectivity index (χ4v) is 3.77. The number of benzene rings is 3. The van der Waals surface area contributed by atoms with E-state index in [1.54, 1.807) is 30.5 Å². The van der Waals surface area contributed by atoms with Crippen LogP contribution >= 0.6 is 0 Å². The Bertz CT molecular complexity index is 1440. The van der Waals surface area contributed by atoms with E-state index in [1.165, 1.54) is 0 Å². The van der Waals surface area contributed by atoms with Crippen molar-refractivity contribution >= 4 is 52.0 Å². The maximum Gasteiger partial charge on any atom is 0.323 e. The van der Waals surface area contributed by atoms with Crippen LogP contribution in [0, 0.1) is 11.6 Å². The number of carbonyl (C=O) groups is 2. The summed E-state index contributed by atoms with van der Waals surface area (Å²) < 4.78 is 26.7. The van der Waals surface area contributed by atoms with Crippen molar-refractivity contribution < 1.29 is 18.4 Å². The van der Waals surface area contributed by atoms with Crippen LogP contribution < -0.4 is 21.3 Å². The highest BCUT2D eigenvalue weighted by Crippen LogP contribution is 2.35. The van der Waals surface area contributed by atoms with Gasteiger partial charge in [0.05, 0.1) is 11.3 Å². The number of hydrogen-bond acceptors (Lipinski definition) is 3. The van der Waals surface area contributed by atoms with Crippen LogP contribution in [0.3, 0.4) is 0 Å². The van der Waals surface area contributed by atoms with Crippen molar-refractivity contribution in [1.29, 1.82) is 0 Å². The van der Waals surface area contributed by atoms with Crippen molar-refractivity contribution in [3.63, 3.8) is 0 Å². The molecule has 7 nitrogen and oxygen atoms in total. The summed E-state index contributed by atoms with van der Waals surface area (Å²) in [6.45, 7) is 0. The molecule has 0 radical (unpaired) electrons. The molecule has 3 aromatic carbocycles. The highest BCUT2D eigenvalue weighted by atomic mass is 19.1. The van der Waals surface area contributed by atoms with E-state index in [-0.39, 0.29) is 11.6 Å². The average molecular weight is 471 g/mol. The normalized spacial score (nSPS) is 13.3. The van der Waals surface area contributed by atoms with Crippen molar-refractivity contribution in [1.82, 2.24) is 4.98 Å². The van der Waals surface area contributed by atoms with E-state index in [0.717, 1.165) is 35.1 Å². The van der Waals surface area contributed by atoms with Gasteiger partial charge in [-0.1, -0.05) is 12.1 Å². The summed E-state index contributed by atoms with van der Waals surface area (Å²) >= 11 is 0. The zero-order chi connectivity index (χ0) is 24.4. The summed E-state index contributed by atoms with van der Waals surface area (Å²) in [5, 5.41) is 11.1. The summed E-state index contributed by atoms with van der Waals surface area (Å²) in [6, 6.07) is 18.3. The summed E-state index contributed by atoms with van der Waals surface area (Å²) in [5.41, 5.74) is 4.79. The van der Waals surface area contributed by atoms with Gasteiger partial charge in [0.15, 0.2) is 0 Å². The molecule has 5 N–H and O–H groups in total. The van der Waals surface area contributed by atoms with Crippen LogP contribution in [0.15, 0.2) is 79.0 Å². The van der Waals surface area contributed by atoms with E-state index in [1.807, 2.05) is 36.4 Å². The number of aromatic nitrogens is 1. The molecule has 3 amide bonds. The molecule has 1 aromatic heterocycles. The average Bonchev–Trinajstić information content (AvgIpc) is 3.41. The highest BCUT2D eigenvalue weighted by molar-refractivity contribution is 6.35. The molecule has 0 spiro atoms. The topological polar surface area (TPSA) is 98.0 Å². The number of aromatic amines is 1. The molecule has 1 aliphatic rings. The third kappa shape index (κ3) is 5.03. The van der Waals surface area contributed by atoms with Gasteiger partial charge in [-0.2, -0.15) is 0 Å². The zero-order valence-corrected chi connectivity index (χ0v) is 18.2. The second-order valence-electron chi connectivity index (χ2n) is 7.84. The van der Waals surface area contributed by atoms with Gasteiger partial charge in [0.2, 0.25) is 0 Å². The van der Waals surface area contributed by atoms with Gasteiger partial charge in [-0.25, -0.2) is 13.6 Å². The minimum Gasteiger partial charge on any atom is -0.362 e. The number of hydrogen-bond donors (Lipinski definition) is 5. The Hall–Kier alpha value is -4.92. The highest BCUT2D eigenvalue weighted by Gasteiger charge is 2.24. The second kappa shape index (κ2) is 9.14. The molecule has 0 saturated carbocycles. The Labute approximate surface area is 198 Å². The van der Waals surface area contributed by atoms with E-state index in [4.69, 9.17) is 0 Å². The van der Waals surface area contributed by atoms with Crippen LogP contribution in [0.1, 0.15) is 11.3 Å². The zero-order valence-electron chi connectivity index (χ0n) is 18.2. The molecule has 9 heteroatoms. The van der Waals surface area contributed by atoms with Gasteiger partial charge >= 0.3 is 6.03 Å². The van der Waals surface area contributed by atoms with Crippen molar-refractivity contribution in [3.05, 3.63) is 102 Å². The molecule has 0 aliphatic carbocycles. The lowest BCUT2D eigenvalue weighted by atomic mass is 10.1. The lowest BCUT2D eigenvalue weighted by molar-refractivity contribution is -0.110. The van der Waals surface area contributed by atoms with Gasteiger partial charge in [0.25, 0.3) is 5.91 Å². The van der Waals surface area contributed by atoms with Gasteiger partial charge in [-0.15, -0.1) is 0 Å². The molecular formula is C26H19F2N5O2. The van der Waals surface area contributed by atoms with Gasteiger partial charge in [-0.05, 0) is 60.7 Å². The molecule has 174 valence electrons. The van der Waals surface area contributed by atoms with E-state index < -0.39 is 17.7 Å². The second-order valence-corrected chi connectivity index (χ2v) is 7.84. The lowest BCUT2D eigenvalue weighted by Crippen LogP contribution is -2.19. The molecule has 0 bridgehead atoms. The number of halogens is 2. The lowest BCUT2D eigenvalue weighted by Gasteiger charge is -2.11. The number of fused-ring (bicyclic) bond motifs is 1. The minimum absolute atomic E-state index is 0.000785. The summed E-state index contributed by atoms with van der Waals surface area (Å²) in [6.07, 6.45) is 3.59. The molecule has 0 unspecified atom stereocenters. The third-order valence-corrected chi connectivity index (χ3v) is 5.25. The first-order chi connectivity index (χ1) is 16.9. The van der Waals surface area contributed by atoms with Crippen LogP contribution in [0.5, 0.6) is 0 Å². The minimum atomic E-state index is -0.788. The van der Waals surface area contributed by atoms with Gasteiger partial charge < -0.3 is 26.3 Å². The number of rotatable bonds is 5. The predicted octanol–water partition coefficient (Wildman–Crippen LogP) is 6.17. The van der Waals surface area contributed by atoms with E-state index in [9.17, 15) is 18.4 Å². The van der Waals surface area contributed by atoms with Gasteiger partial charge in [-0.3, -0.25) is 4.79 Å². The number of amides is 3. The largest absolute Gasteiger partial charge is 0.362 e. The first-order valence-corrected chi connectivity index (χ1v) is 10.6. The summed E-state index contributed by atoms with van der Waals surface area (Å²) in [7, 11) is 0. The standard InChI is InChI=1S/C26H19F2N5O2/c27-15-9-16(28)11-21(10-15)32-26(35)31-19-4-1-3-18(12-19)30-20-6-7-22-23(13-17-5-2-8-29-17)25(34)33-24(22)14-20/h1-14,29-30H,(H,33,34)(H2,31,32,35)/b23-13-. The van der Waals surface area contributed by atoms with Gasteiger partial charge in [0, 0.05) is 46.3 Å². The van der Waals surface area contributed by atoms with E-state index >= 15 is 0 Å². The SMILES string of the molecule is O=C(Nc1cc(F)cc(F)c1)Nc1cccc(Nc2ccc3c(c2)NC(=O)/C3=C\c2ccc[nH]2)c1. The quantitative estimate of drug-likeness (QED) is 0.225. The van der Waals surface area contributed by atoms with Crippen LogP contribution in [-0.2, 0) is 4.79 Å². The Kier molecular flexibility index (Phi) is 5.72. The Balaban J connectivity index is 1.28. The van der Waals surface area contributed by atoms with Crippen molar-refractivity contribution in [2.75, 3.05) is 21.3 Å². The van der Waals surface area contributed by atoms with Crippen LogP contribution in [0.4, 0.5) is 42.0 Å². The number of nitrogens with one attached hydrogen (secondary N) is 5. The van der Waals surface area contributed by atoms with Gasteiger partial charge in [0.1, 0.15) is 11.6 Å². The Morgan fingerprint density at radius 1 is 0.800 bits per heavy atom. The third-order valence-electron chi connectivity index (χ3n) is 5.25. The first-order valence-electron chi connectivity index (χ1n) is 10.6. The summed E-state index contributed by atoms with van der Waals surface area (Å²) in [5.74, 6) is -1.75.